The summed E-state index contributed by atoms with van der Waals surface area (Å²) >= 11 is 0. The van der Waals surface area contributed by atoms with Crippen molar-refractivity contribution in [1.82, 2.24) is 10.2 Å². The van der Waals surface area contributed by atoms with Crippen LogP contribution in [0.25, 0.3) is 10.8 Å². The standard InChI is InChI=1S/C16H15N3O/c1-17-12-8-6-11(7-9-12)10-15-13-4-2-3-5-14(13)16(20)19-18-15/h2-9,17H,10H2,1H3,(H,19,20). The minimum absolute atomic E-state index is 0.144. The van der Waals surface area contributed by atoms with Gasteiger partial charge in [-0.25, -0.2) is 5.10 Å². The number of aromatic nitrogens is 2. The van der Waals surface area contributed by atoms with Crippen LogP contribution in [-0.4, -0.2) is 17.2 Å². The minimum Gasteiger partial charge on any atom is -0.388 e. The molecule has 0 spiro atoms. The number of benzene rings is 2. The summed E-state index contributed by atoms with van der Waals surface area (Å²) < 4.78 is 0. The molecule has 0 aliphatic heterocycles. The SMILES string of the molecule is CNc1ccc(Cc2n[nH]c(=O)c3ccccc23)cc1. The molecule has 0 aliphatic carbocycles. The fraction of sp³-hybridized carbons (Fsp3) is 0.125. The first kappa shape index (κ1) is 12.4. The molecule has 4 nitrogen and oxygen atoms in total. The molecule has 0 amide bonds. The highest BCUT2D eigenvalue weighted by atomic mass is 16.1. The normalized spacial score (nSPS) is 10.7. The van der Waals surface area contributed by atoms with Crippen LogP contribution in [0.15, 0.2) is 53.3 Å². The summed E-state index contributed by atoms with van der Waals surface area (Å²) in [5.74, 6) is 0. The molecule has 1 heterocycles. The van der Waals surface area contributed by atoms with Crippen molar-refractivity contribution in [3.05, 3.63) is 70.1 Å². The van der Waals surface area contributed by atoms with E-state index in [0.717, 1.165) is 22.3 Å². The maximum absolute atomic E-state index is 11.7. The molecule has 0 atom stereocenters. The monoisotopic (exact) mass is 265 g/mol. The highest BCUT2D eigenvalue weighted by Crippen LogP contribution is 2.17. The zero-order valence-corrected chi connectivity index (χ0v) is 11.2. The molecule has 0 radical (unpaired) electrons. The van der Waals surface area contributed by atoms with Gasteiger partial charge in [-0.3, -0.25) is 4.79 Å². The topological polar surface area (TPSA) is 57.8 Å². The second-order valence-electron chi connectivity index (χ2n) is 4.67. The first-order chi connectivity index (χ1) is 9.78. The Labute approximate surface area is 116 Å². The molecule has 100 valence electrons. The number of aromatic amines is 1. The Morgan fingerprint density at radius 2 is 1.75 bits per heavy atom. The number of hydrogen-bond acceptors (Lipinski definition) is 3. The lowest BCUT2D eigenvalue weighted by molar-refractivity contribution is 0.934. The van der Waals surface area contributed by atoms with Gasteiger partial charge in [0.05, 0.1) is 11.1 Å². The lowest BCUT2D eigenvalue weighted by Crippen LogP contribution is -2.11. The Bertz CT molecular complexity index is 791. The second-order valence-corrected chi connectivity index (χ2v) is 4.67. The number of anilines is 1. The Morgan fingerprint density at radius 3 is 2.45 bits per heavy atom. The van der Waals surface area contributed by atoms with E-state index in [2.05, 4.69) is 27.6 Å². The number of fused-ring (bicyclic) bond motifs is 1. The zero-order chi connectivity index (χ0) is 13.9. The number of H-pyrrole nitrogens is 1. The summed E-state index contributed by atoms with van der Waals surface area (Å²) in [6, 6.07) is 15.7. The molecule has 0 aliphatic rings. The van der Waals surface area contributed by atoms with E-state index in [1.54, 1.807) is 0 Å². The third kappa shape index (κ3) is 2.28. The molecule has 20 heavy (non-hydrogen) atoms. The van der Waals surface area contributed by atoms with Crippen LogP contribution in [0.2, 0.25) is 0 Å². The molecule has 3 aromatic rings. The Kier molecular flexibility index (Phi) is 3.21. The number of hydrogen-bond donors (Lipinski definition) is 2. The summed E-state index contributed by atoms with van der Waals surface area (Å²) in [7, 11) is 1.89. The molecule has 4 heteroatoms. The predicted octanol–water partition coefficient (Wildman–Crippen LogP) is 2.56. The van der Waals surface area contributed by atoms with Gasteiger partial charge in [-0.2, -0.15) is 5.10 Å². The van der Waals surface area contributed by atoms with Crippen LogP contribution in [-0.2, 0) is 6.42 Å². The van der Waals surface area contributed by atoms with Crippen molar-refractivity contribution in [3.8, 4) is 0 Å². The second kappa shape index (κ2) is 5.17. The number of nitrogens with one attached hydrogen (secondary N) is 2. The first-order valence-corrected chi connectivity index (χ1v) is 6.51. The highest BCUT2D eigenvalue weighted by molar-refractivity contribution is 5.83. The average molecular weight is 265 g/mol. The average Bonchev–Trinajstić information content (AvgIpc) is 2.51. The van der Waals surface area contributed by atoms with Crippen LogP contribution in [0.1, 0.15) is 11.3 Å². The minimum atomic E-state index is -0.144. The maximum Gasteiger partial charge on any atom is 0.272 e. The maximum atomic E-state index is 11.7. The van der Waals surface area contributed by atoms with Gasteiger partial charge >= 0.3 is 0 Å². The van der Waals surface area contributed by atoms with E-state index >= 15 is 0 Å². The first-order valence-electron chi connectivity index (χ1n) is 6.51. The molecular weight excluding hydrogens is 250 g/mol. The van der Waals surface area contributed by atoms with Gasteiger partial charge in [0.1, 0.15) is 0 Å². The van der Waals surface area contributed by atoms with Gasteiger partial charge in [0.15, 0.2) is 0 Å². The van der Waals surface area contributed by atoms with E-state index in [0.29, 0.717) is 11.8 Å². The Hall–Kier alpha value is -2.62. The van der Waals surface area contributed by atoms with Crippen LogP contribution in [0.4, 0.5) is 5.69 Å². The summed E-state index contributed by atoms with van der Waals surface area (Å²) in [5, 5.41) is 11.4. The largest absolute Gasteiger partial charge is 0.388 e. The third-order valence-corrected chi connectivity index (χ3v) is 3.39. The Balaban J connectivity index is 2.02. The molecule has 0 unspecified atom stereocenters. The van der Waals surface area contributed by atoms with E-state index in [1.165, 1.54) is 0 Å². The summed E-state index contributed by atoms with van der Waals surface area (Å²) in [6.07, 6.45) is 0.696. The third-order valence-electron chi connectivity index (χ3n) is 3.39. The molecule has 3 rings (SSSR count). The van der Waals surface area contributed by atoms with Crippen LogP contribution < -0.4 is 10.9 Å². The zero-order valence-electron chi connectivity index (χ0n) is 11.2. The lowest BCUT2D eigenvalue weighted by Gasteiger charge is -2.06. The van der Waals surface area contributed by atoms with Crippen molar-refractivity contribution >= 4 is 16.5 Å². The Morgan fingerprint density at radius 1 is 1.05 bits per heavy atom. The van der Waals surface area contributed by atoms with E-state index in [4.69, 9.17) is 0 Å². The fourth-order valence-corrected chi connectivity index (χ4v) is 2.29. The smallest absolute Gasteiger partial charge is 0.272 e. The molecule has 0 bridgehead atoms. The van der Waals surface area contributed by atoms with Gasteiger partial charge in [-0.05, 0) is 23.8 Å². The van der Waals surface area contributed by atoms with Gasteiger partial charge < -0.3 is 5.32 Å². The molecule has 0 saturated heterocycles. The van der Waals surface area contributed by atoms with Crippen molar-refractivity contribution in [2.24, 2.45) is 0 Å². The lowest BCUT2D eigenvalue weighted by atomic mass is 10.0. The number of rotatable bonds is 3. The van der Waals surface area contributed by atoms with E-state index < -0.39 is 0 Å². The molecule has 0 saturated carbocycles. The van der Waals surface area contributed by atoms with Gasteiger partial charge in [0, 0.05) is 24.5 Å². The van der Waals surface area contributed by atoms with Gasteiger partial charge in [0.25, 0.3) is 5.56 Å². The number of nitrogens with zero attached hydrogens (tertiary/aromatic N) is 1. The molecule has 2 aromatic carbocycles. The summed E-state index contributed by atoms with van der Waals surface area (Å²) in [4.78, 5) is 11.7. The van der Waals surface area contributed by atoms with E-state index in [1.807, 2.05) is 43.4 Å². The van der Waals surface area contributed by atoms with Crippen molar-refractivity contribution in [2.45, 2.75) is 6.42 Å². The summed E-state index contributed by atoms with van der Waals surface area (Å²) in [5.41, 5.74) is 2.98. The van der Waals surface area contributed by atoms with Crippen LogP contribution in [0.3, 0.4) is 0 Å². The highest BCUT2D eigenvalue weighted by Gasteiger charge is 2.06. The predicted molar refractivity (Wildman–Crippen MR) is 81.2 cm³/mol. The molecule has 1 aromatic heterocycles. The summed E-state index contributed by atoms with van der Waals surface area (Å²) in [6.45, 7) is 0. The van der Waals surface area contributed by atoms with Crippen molar-refractivity contribution < 1.29 is 0 Å². The van der Waals surface area contributed by atoms with Gasteiger partial charge in [-0.15, -0.1) is 0 Å². The molecule has 0 fully saturated rings. The van der Waals surface area contributed by atoms with Gasteiger partial charge in [0.2, 0.25) is 0 Å². The van der Waals surface area contributed by atoms with E-state index in [-0.39, 0.29) is 5.56 Å². The van der Waals surface area contributed by atoms with Crippen LogP contribution in [0.5, 0.6) is 0 Å². The molecular formula is C16H15N3O. The van der Waals surface area contributed by atoms with Crippen LogP contribution in [0, 0.1) is 0 Å². The quantitative estimate of drug-likeness (QED) is 0.765. The van der Waals surface area contributed by atoms with Crippen molar-refractivity contribution in [1.29, 1.82) is 0 Å². The van der Waals surface area contributed by atoms with Crippen molar-refractivity contribution in [2.75, 3.05) is 12.4 Å². The van der Waals surface area contributed by atoms with Gasteiger partial charge in [-0.1, -0.05) is 30.3 Å². The van der Waals surface area contributed by atoms with E-state index in [9.17, 15) is 4.79 Å². The van der Waals surface area contributed by atoms with Crippen molar-refractivity contribution in [3.63, 3.8) is 0 Å². The fourth-order valence-electron chi connectivity index (χ4n) is 2.29. The molecule has 2 N–H and O–H groups in total. The van der Waals surface area contributed by atoms with Crippen LogP contribution >= 0.6 is 0 Å².